The molecule has 2 atom stereocenters. The maximum absolute atomic E-state index is 1.64. The van der Waals surface area contributed by atoms with Gasteiger partial charge in [-0.15, -0.1) is 0 Å². The van der Waals surface area contributed by atoms with E-state index < -0.39 is 0 Å². The number of hydrogen-bond donors (Lipinski definition) is 0. The van der Waals surface area contributed by atoms with E-state index in [9.17, 15) is 0 Å². The van der Waals surface area contributed by atoms with Crippen LogP contribution < -0.4 is 21.2 Å². The van der Waals surface area contributed by atoms with Crippen molar-refractivity contribution in [2.24, 2.45) is 5.92 Å². The average Bonchev–Trinajstić information content (AvgIpc) is 2.41. The fourth-order valence-electron chi connectivity index (χ4n) is 1.25. The first-order chi connectivity index (χ1) is 3.47. The standard InChI is InChI=1S/C6H10I/c1-2-5-4-6(5)7-3-1/h5-6H,1-4H2/q-1. The van der Waals surface area contributed by atoms with Crippen LogP contribution in [-0.4, -0.2) is 8.35 Å². The molecule has 0 aromatic heterocycles. The summed E-state index contributed by atoms with van der Waals surface area (Å²) in [6.45, 7) is 0. The minimum atomic E-state index is 0.726. The van der Waals surface area contributed by atoms with Crippen molar-refractivity contribution >= 4 is 0 Å². The van der Waals surface area contributed by atoms with Gasteiger partial charge in [0.25, 0.3) is 0 Å². The van der Waals surface area contributed by atoms with Gasteiger partial charge in [0.2, 0.25) is 0 Å². The van der Waals surface area contributed by atoms with Crippen molar-refractivity contribution in [1.82, 2.24) is 0 Å². The van der Waals surface area contributed by atoms with Gasteiger partial charge in [-0.25, -0.2) is 0 Å². The molecular formula is C6H10I-. The van der Waals surface area contributed by atoms with Gasteiger partial charge in [-0.3, -0.25) is 0 Å². The van der Waals surface area contributed by atoms with Crippen LogP contribution in [-0.2, 0) is 0 Å². The summed E-state index contributed by atoms with van der Waals surface area (Å²) in [4.78, 5) is 0. The van der Waals surface area contributed by atoms with Gasteiger partial charge in [-0.05, 0) is 0 Å². The van der Waals surface area contributed by atoms with Crippen LogP contribution in [0, 0.1) is 5.92 Å². The molecule has 2 rings (SSSR count). The van der Waals surface area contributed by atoms with Gasteiger partial charge in [0.15, 0.2) is 0 Å². The topological polar surface area (TPSA) is 0 Å². The van der Waals surface area contributed by atoms with E-state index in [0.29, 0.717) is 0 Å². The van der Waals surface area contributed by atoms with Crippen molar-refractivity contribution in [2.75, 3.05) is 4.43 Å². The molecule has 0 N–H and O–H groups in total. The summed E-state index contributed by atoms with van der Waals surface area (Å²) in [6, 6.07) is 0. The van der Waals surface area contributed by atoms with Crippen LogP contribution in [0.15, 0.2) is 0 Å². The van der Waals surface area contributed by atoms with Crippen LogP contribution in [0.5, 0.6) is 0 Å². The third kappa shape index (κ3) is 0.799. The zero-order valence-electron chi connectivity index (χ0n) is 4.36. The van der Waals surface area contributed by atoms with Gasteiger partial charge in [0.1, 0.15) is 0 Å². The normalized spacial score (nSPS) is 49.1. The van der Waals surface area contributed by atoms with Gasteiger partial charge in [0, 0.05) is 0 Å². The molecule has 1 aliphatic heterocycles. The van der Waals surface area contributed by atoms with Crippen LogP contribution in [0.2, 0.25) is 0 Å². The summed E-state index contributed by atoms with van der Waals surface area (Å²) in [6.07, 6.45) is 4.80. The molecule has 2 aliphatic rings. The van der Waals surface area contributed by atoms with E-state index in [2.05, 4.69) is 0 Å². The molecule has 1 aliphatic carbocycles. The Kier molecular flexibility index (Phi) is 1.05. The molecule has 2 unspecified atom stereocenters. The third-order valence-corrected chi connectivity index (χ3v) is 5.89. The Morgan fingerprint density at radius 3 is 3.00 bits per heavy atom. The van der Waals surface area contributed by atoms with Crippen molar-refractivity contribution in [3.63, 3.8) is 0 Å². The van der Waals surface area contributed by atoms with E-state index in [0.717, 1.165) is 21.2 Å². The van der Waals surface area contributed by atoms with Crippen molar-refractivity contribution in [3.05, 3.63) is 0 Å². The summed E-state index contributed by atoms with van der Waals surface area (Å²) in [5.41, 5.74) is 0. The first-order valence-electron chi connectivity index (χ1n) is 3.04. The van der Waals surface area contributed by atoms with Gasteiger partial charge in [-0.1, -0.05) is 0 Å². The van der Waals surface area contributed by atoms with Crippen molar-refractivity contribution in [3.8, 4) is 0 Å². The van der Waals surface area contributed by atoms with E-state index in [1.165, 1.54) is 9.84 Å². The number of hydrogen-bond acceptors (Lipinski definition) is 0. The number of alkyl halides is 2. The van der Waals surface area contributed by atoms with E-state index in [1.54, 1.807) is 23.7 Å². The van der Waals surface area contributed by atoms with E-state index in [4.69, 9.17) is 0 Å². The Morgan fingerprint density at radius 1 is 1.43 bits per heavy atom. The van der Waals surface area contributed by atoms with Crippen molar-refractivity contribution in [2.45, 2.75) is 23.2 Å². The summed E-state index contributed by atoms with van der Waals surface area (Å²) in [5.74, 6) is 1.25. The molecule has 0 aromatic rings. The zero-order valence-corrected chi connectivity index (χ0v) is 6.52. The van der Waals surface area contributed by atoms with E-state index in [-0.39, 0.29) is 0 Å². The molecule has 1 heterocycles. The molecule has 1 saturated carbocycles. The quantitative estimate of drug-likeness (QED) is 0.328. The summed E-state index contributed by atoms with van der Waals surface area (Å²) >= 11 is 0.726. The van der Waals surface area contributed by atoms with Crippen molar-refractivity contribution < 1.29 is 21.2 Å². The number of rotatable bonds is 0. The summed E-state index contributed by atoms with van der Waals surface area (Å²) < 4.78 is 2.95. The number of fused-ring (bicyclic) bond motifs is 1. The second kappa shape index (κ2) is 1.61. The maximum atomic E-state index is 1.64. The Bertz CT molecular complexity index is 70.2. The fraction of sp³-hybridized carbons (Fsp3) is 1.00. The second-order valence-corrected chi connectivity index (χ2v) is 6.06. The average molecular weight is 209 g/mol. The molecule has 42 valence electrons. The summed E-state index contributed by atoms with van der Waals surface area (Å²) in [7, 11) is 0. The predicted molar refractivity (Wildman–Crippen MR) is 26.0 cm³/mol. The van der Waals surface area contributed by atoms with Gasteiger partial charge < -0.3 is 0 Å². The SMILES string of the molecule is C1C[I-]C2CC2C1. The molecule has 0 nitrogen and oxygen atoms in total. The van der Waals surface area contributed by atoms with Crippen LogP contribution in [0.25, 0.3) is 0 Å². The first kappa shape index (κ1) is 4.59. The van der Waals surface area contributed by atoms with E-state index >= 15 is 0 Å². The fourth-order valence-corrected chi connectivity index (χ4v) is 5.03. The second-order valence-electron chi connectivity index (χ2n) is 2.50. The molecule has 2 fully saturated rings. The van der Waals surface area contributed by atoms with Crippen LogP contribution in [0.1, 0.15) is 19.3 Å². The van der Waals surface area contributed by atoms with Gasteiger partial charge >= 0.3 is 54.7 Å². The molecular weight excluding hydrogens is 199 g/mol. The third-order valence-electron chi connectivity index (χ3n) is 1.85. The molecule has 0 spiro atoms. The van der Waals surface area contributed by atoms with E-state index in [1.807, 2.05) is 0 Å². The van der Waals surface area contributed by atoms with Crippen molar-refractivity contribution in [1.29, 1.82) is 0 Å². The molecule has 0 aromatic carbocycles. The molecule has 1 heteroatoms. The Labute approximate surface area is 54.9 Å². The Hall–Kier alpha value is 0.730. The molecule has 7 heavy (non-hydrogen) atoms. The van der Waals surface area contributed by atoms with Crippen LogP contribution >= 0.6 is 0 Å². The molecule has 0 radical (unpaired) electrons. The van der Waals surface area contributed by atoms with Gasteiger partial charge in [0.05, 0.1) is 0 Å². The molecule has 0 bridgehead atoms. The zero-order chi connectivity index (χ0) is 4.69. The molecule has 1 saturated heterocycles. The van der Waals surface area contributed by atoms with Crippen LogP contribution in [0.3, 0.4) is 0 Å². The Balaban J connectivity index is 1.95. The molecule has 0 amide bonds. The first-order valence-corrected chi connectivity index (χ1v) is 5.81. The monoisotopic (exact) mass is 209 g/mol. The summed E-state index contributed by atoms with van der Waals surface area (Å²) in [5, 5.41) is 0. The predicted octanol–water partition coefficient (Wildman–Crippen LogP) is -1.74. The minimum absolute atomic E-state index is 0.726. The van der Waals surface area contributed by atoms with Crippen LogP contribution in [0.4, 0.5) is 0 Å². The van der Waals surface area contributed by atoms with Gasteiger partial charge in [-0.2, -0.15) is 0 Å². The number of halogens is 1. The Morgan fingerprint density at radius 2 is 2.43 bits per heavy atom.